The first-order valence-electron chi connectivity index (χ1n) is 11.3. The number of amides is 1. The first kappa shape index (κ1) is 27.2. The molecule has 0 aromatic heterocycles. The second kappa shape index (κ2) is 11.9. The molecule has 0 heterocycles. The molecule has 188 valence electrons. The van der Waals surface area contributed by atoms with Gasteiger partial charge >= 0.3 is 11.9 Å². The maximum absolute atomic E-state index is 14.3. The zero-order valence-corrected chi connectivity index (χ0v) is 19.0. The monoisotopic (exact) mass is 476 g/mol. The summed E-state index contributed by atoms with van der Waals surface area (Å²) in [5.41, 5.74) is 6.64. The van der Waals surface area contributed by atoms with Gasteiger partial charge in [0.25, 0.3) is 5.91 Å². The number of hydrogen-bond acceptors (Lipinski definition) is 7. The predicted octanol–water partition coefficient (Wildman–Crippen LogP) is 1.16. The zero-order chi connectivity index (χ0) is 24.8. The Labute approximate surface area is 191 Å². The van der Waals surface area contributed by atoms with E-state index in [4.69, 9.17) is 16.2 Å². The van der Waals surface area contributed by atoms with Crippen molar-refractivity contribution in [2.24, 2.45) is 11.7 Å². The molecule has 9 nitrogen and oxygen atoms in total. The number of alkyl halides is 3. The molecule has 1 fully saturated rings. The molecule has 0 saturated heterocycles. The molecule has 12 heteroatoms. The Morgan fingerprint density at radius 3 is 2.58 bits per heavy atom. The Morgan fingerprint density at radius 2 is 2.00 bits per heavy atom. The van der Waals surface area contributed by atoms with Gasteiger partial charge in [0.2, 0.25) is 0 Å². The highest BCUT2D eigenvalue weighted by atomic mass is 19.3. The number of carbonyl (C=O) groups excluding carboxylic acids is 1. The molecule has 1 saturated carbocycles. The third-order valence-electron chi connectivity index (χ3n) is 6.25. The van der Waals surface area contributed by atoms with Crippen LogP contribution < -0.4 is 21.7 Å². The van der Waals surface area contributed by atoms with Gasteiger partial charge in [-0.05, 0) is 25.7 Å². The minimum atomic E-state index is -3.65. The minimum absolute atomic E-state index is 0.0179. The van der Waals surface area contributed by atoms with Gasteiger partial charge in [-0.15, -0.1) is 0 Å². The Bertz CT molecular complexity index is 745. The van der Waals surface area contributed by atoms with Gasteiger partial charge in [0.1, 0.15) is 24.2 Å². The predicted molar refractivity (Wildman–Crippen MR) is 118 cm³/mol. The van der Waals surface area contributed by atoms with Crippen LogP contribution in [0.4, 0.5) is 13.2 Å². The topological polar surface area (TPSA) is 144 Å². The van der Waals surface area contributed by atoms with Crippen LogP contribution in [0.2, 0.25) is 0 Å². The van der Waals surface area contributed by atoms with Crippen molar-refractivity contribution in [3.05, 3.63) is 11.6 Å². The number of carbonyl (C=O) groups is 2. The average molecular weight is 477 g/mol. The van der Waals surface area contributed by atoms with Crippen LogP contribution >= 0.6 is 0 Å². The lowest BCUT2D eigenvalue weighted by atomic mass is 9.84. The molecular formula is C21H35F3N6O3. The van der Waals surface area contributed by atoms with E-state index in [2.05, 4.69) is 16.0 Å². The Morgan fingerprint density at radius 1 is 1.36 bits per heavy atom. The number of halogens is 3. The number of likely N-dealkylation sites (N-methyl/N-ethyl adjacent to an activating group) is 1. The van der Waals surface area contributed by atoms with Gasteiger partial charge in [-0.3, -0.25) is 30.5 Å². The van der Waals surface area contributed by atoms with Crippen molar-refractivity contribution in [3.8, 4) is 0 Å². The summed E-state index contributed by atoms with van der Waals surface area (Å²) >= 11 is 0. The van der Waals surface area contributed by atoms with E-state index < -0.39 is 54.6 Å². The molecule has 33 heavy (non-hydrogen) atoms. The first-order chi connectivity index (χ1) is 15.5. The smallest absolute Gasteiger partial charge is 0.337 e. The SMILES string of the molecule is CCC1=CC(C(=O)O)[C@H](F)CC1NC(N)NCC(=N)N(C)C(=O)C(F)(F)CNC1CCCC1. The van der Waals surface area contributed by atoms with Crippen molar-refractivity contribution < 1.29 is 27.9 Å². The van der Waals surface area contributed by atoms with E-state index >= 15 is 0 Å². The Kier molecular flexibility index (Phi) is 9.83. The summed E-state index contributed by atoms with van der Waals surface area (Å²) in [5, 5.41) is 25.5. The number of nitrogens with zero attached hydrogens (tertiary/aromatic N) is 1. The van der Waals surface area contributed by atoms with E-state index in [1.165, 1.54) is 6.08 Å². The summed E-state index contributed by atoms with van der Waals surface area (Å²) in [6, 6.07) is -0.529. The van der Waals surface area contributed by atoms with Crippen molar-refractivity contribution in [3.63, 3.8) is 0 Å². The van der Waals surface area contributed by atoms with Gasteiger partial charge in [-0.1, -0.05) is 31.4 Å². The molecule has 0 spiro atoms. The third kappa shape index (κ3) is 7.49. The van der Waals surface area contributed by atoms with Crippen molar-refractivity contribution in [2.75, 3.05) is 20.1 Å². The average Bonchev–Trinajstić information content (AvgIpc) is 3.28. The van der Waals surface area contributed by atoms with E-state index in [9.17, 15) is 22.8 Å². The van der Waals surface area contributed by atoms with Crippen LogP contribution in [0.15, 0.2) is 11.6 Å². The van der Waals surface area contributed by atoms with E-state index in [1.54, 1.807) is 0 Å². The number of rotatable bonds is 11. The molecule has 2 aliphatic rings. The van der Waals surface area contributed by atoms with Gasteiger partial charge in [0.05, 0.1) is 13.1 Å². The van der Waals surface area contributed by atoms with Crippen molar-refractivity contribution in [1.82, 2.24) is 20.9 Å². The molecule has 4 atom stereocenters. The number of carboxylic acids is 1. The quantitative estimate of drug-likeness (QED) is 0.114. The van der Waals surface area contributed by atoms with E-state index in [0.29, 0.717) is 16.9 Å². The second-order valence-corrected chi connectivity index (χ2v) is 8.67. The number of aliphatic carboxylic acids is 1. The fourth-order valence-corrected chi connectivity index (χ4v) is 4.19. The molecular weight excluding hydrogens is 441 g/mol. The van der Waals surface area contributed by atoms with Crippen LogP contribution in [-0.4, -0.2) is 78.3 Å². The van der Waals surface area contributed by atoms with Crippen LogP contribution in [0, 0.1) is 11.3 Å². The van der Waals surface area contributed by atoms with Gasteiger partial charge in [0, 0.05) is 19.1 Å². The molecule has 0 aromatic carbocycles. The van der Waals surface area contributed by atoms with Crippen molar-refractivity contribution >= 4 is 17.7 Å². The molecule has 0 aliphatic heterocycles. The van der Waals surface area contributed by atoms with Gasteiger partial charge in [0.15, 0.2) is 0 Å². The summed E-state index contributed by atoms with van der Waals surface area (Å²) in [4.78, 5) is 24.0. The molecule has 7 N–H and O–H groups in total. The van der Waals surface area contributed by atoms with Crippen LogP contribution in [0.1, 0.15) is 45.4 Å². The van der Waals surface area contributed by atoms with Crippen LogP contribution in [-0.2, 0) is 9.59 Å². The molecule has 0 bridgehead atoms. The Balaban J connectivity index is 1.84. The lowest BCUT2D eigenvalue weighted by molar-refractivity contribution is -0.151. The van der Waals surface area contributed by atoms with Crippen molar-refractivity contribution in [1.29, 1.82) is 5.41 Å². The molecule has 1 amide bonds. The lowest BCUT2D eigenvalue weighted by Gasteiger charge is -2.32. The van der Waals surface area contributed by atoms with E-state index in [0.717, 1.165) is 32.7 Å². The van der Waals surface area contributed by atoms with Crippen LogP contribution in [0.25, 0.3) is 0 Å². The Hall–Kier alpha value is -2.02. The van der Waals surface area contributed by atoms with E-state index in [-0.39, 0.29) is 19.0 Å². The summed E-state index contributed by atoms with van der Waals surface area (Å²) in [6.45, 7) is 0.754. The van der Waals surface area contributed by atoms with Crippen LogP contribution in [0.5, 0.6) is 0 Å². The number of nitrogens with one attached hydrogen (secondary N) is 4. The number of nitrogens with two attached hydrogens (primary N) is 1. The fourth-order valence-electron chi connectivity index (χ4n) is 4.19. The summed E-state index contributed by atoms with van der Waals surface area (Å²) < 4.78 is 42.8. The summed E-state index contributed by atoms with van der Waals surface area (Å²) in [7, 11) is 1.10. The van der Waals surface area contributed by atoms with E-state index in [1.807, 2.05) is 6.92 Å². The standard InChI is InChI=1S/C21H35F3N6O3/c1-3-12-8-14(18(31)32)15(22)9-16(12)29-20(26)27-10-17(25)30(2)19(33)21(23,24)11-28-13-6-4-5-7-13/h8,13-16,20,25,27-29H,3-7,9-11,26H2,1-2H3,(H,31,32)/t14?,15-,16?,20?/m1/s1. The zero-order valence-electron chi connectivity index (χ0n) is 19.0. The minimum Gasteiger partial charge on any atom is -0.481 e. The van der Waals surface area contributed by atoms with Gasteiger partial charge in [-0.25, -0.2) is 4.39 Å². The molecule has 0 radical (unpaired) electrons. The maximum atomic E-state index is 14.3. The largest absolute Gasteiger partial charge is 0.481 e. The highest BCUT2D eigenvalue weighted by Gasteiger charge is 2.42. The number of amidine groups is 1. The van der Waals surface area contributed by atoms with Gasteiger partial charge in [-0.2, -0.15) is 8.78 Å². The third-order valence-corrected chi connectivity index (χ3v) is 6.25. The fraction of sp³-hybridized carbons (Fsp3) is 0.762. The molecule has 3 unspecified atom stereocenters. The molecule has 2 aliphatic carbocycles. The normalized spacial score (nSPS) is 24.9. The first-order valence-corrected chi connectivity index (χ1v) is 11.3. The molecule has 2 rings (SSSR count). The second-order valence-electron chi connectivity index (χ2n) is 8.67. The number of hydrogen-bond donors (Lipinski definition) is 6. The number of carboxylic acid groups (broad SMARTS) is 1. The summed E-state index contributed by atoms with van der Waals surface area (Å²) in [6.07, 6.45) is 2.85. The highest BCUT2D eigenvalue weighted by Crippen LogP contribution is 2.28. The lowest BCUT2D eigenvalue weighted by Crippen LogP contribution is -2.58. The molecule has 0 aromatic rings. The van der Waals surface area contributed by atoms with Crippen molar-refractivity contribution in [2.45, 2.75) is 75.9 Å². The highest BCUT2D eigenvalue weighted by molar-refractivity contribution is 6.00. The van der Waals surface area contributed by atoms with Crippen LogP contribution in [0.3, 0.4) is 0 Å². The maximum Gasteiger partial charge on any atom is 0.337 e. The van der Waals surface area contributed by atoms with Gasteiger partial charge < -0.3 is 16.2 Å². The summed E-state index contributed by atoms with van der Waals surface area (Å²) in [5.74, 6) is -7.97.